The number of hydrogen-bond donors (Lipinski definition) is 1. The zero-order valence-electron chi connectivity index (χ0n) is 21.3. The molecule has 13 heteroatoms. The van der Waals surface area contributed by atoms with Crippen molar-refractivity contribution in [3.05, 3.63) is 62.5 Å². The summed E-state index contributed by atoms with van der Waals surface area (Å²) in [6, 6.07) is 4.05. The number of halogens is 6. The summed E-state index contributed by atoms with van der Waals surface area (Å²) in [5, 5.41) is 7.54. The fourth-order valence-electron chi connectivity index (χ4n) is 4.10. The highest BCUT2D eigenvalue weighted by molar-refractivity contribution is 6.37. The summed E-state index contributed by atoms with van der Waals surface area (Å²) in [6.07, 6.45) is -1.42. The molecule has 1 N–H and O–H groups in total. The second kappa shape index (κ2) is 11.8. The number of nitrogens with one attached hydrogen (secondary N) is 1. The van der Waals surface area contributed by atoms with Crippen LogP contribution in [0.1, 0.15) is 63.0 Å². The number of aromatic nitrogens is 2. The van der Waals surface area contributed by atoms with E-state index in [4.69, 9.17) is 44.4 Å². The number of alkyl halides is 3. The molecule has 0 spiro atoms. The Morgan fingerprint density at radius 1 is 1.21 bits per heavy atom. The predicted molar refractivity (Wildman–Crippen MR) is 144 cm³/mol. The number of fused-ring (bicyclic) bond motifs is 1. The molecule has 3 aromatic rings. The van der Waals surface area contributed by atoms with E-state index in [1.807, 2.05) is 13.8 Å². The minimum absolute atomic E-state index is 0.0188. The van der Waals surface area contributed by atoms with Crippen LogP contribution >= 0.6 is 34.8 Å². The molecule has 1 aliphatic heterocycles. The van der Waals surface area contributed by atoms with Gasteiger partial charge in [-0.15, -0.1) is 0 Å². The van der Waals surface area contributed by atoms with Gasteiger partial charge in [0.1, 0.15) is 17.5 Å². The zero-order valence-corrected chi connectivity index (χ0v) is 23.5. The number of oxime groups is 1. The summed E-state index contributed by atoms with van der Waals surface area (Å²) in [7, 11) is 0. The summed E-state index contributed by atoms with van der Waals surface area (Å²) in [5.74, 6) is 0.283. The number of piperidine rings is 1. The van der Waals surface area contributed by atoms with Gasteiger partial charge in [-0.3, -0.25) is 4.79 Å². The second-order valence-corrected chi connectivity index (χ2v) is 10.6. The average molecular weight is 606 g/mol. The fourth-order valence-corrected chi connectivity index (χ4v) is 4.86. The molecule has 1 aromatic carbocycles. The van der Waals surface area contributed by atoms with Gasteiger partial charge >= 0.3 is 6.18 Å². The van der Waals surface area contributed by atoms with Crippen LogP contribution in [-0.4, -0.2) is 33.7 Å². The Morgan fingerprint density at radius 3 is 2.59 bits per heavy atom. The number of imidazole rings is 1. The Hall–Kier alpha value is -2.69. The van der Waals surface area contributed by atoms with Gasteiger partial charge in [0.05, 0.1) is 32.9 Å². The normalized spacial score (nSPS) is 18.1. The van der Waals surface area contributed by atoms with Crippen molar-refractivity contribution in [3.8, 4) is 5.75 Å². The molecule has 2 aromatic heterocycles. The van der Waals surface area contributed by atoms with Crippen molar-refractivity contribution < 1.29 is 27.5 Å². The first-order chi connectivity index (χ1) is 18.4. The molecule has 3 heterocycles. The third-order valence-corrected chi connectivity index (χ3v) is 7.42. The lowest BCUT2D eigenvalue weighted by Crippen LogP contribution is -2.40. The number of amides is 1. The monoisotopic (exact) mass is 604 g/mol. The first kappa shape index (κ1) is 29.3. The molecule has 0 bridgehead atoms. The molecular formula is C26H26Cl3F3N4O3. The second-order valence-electron chi connectivity index (χ2n) is 9.40. The van der Waals surface area contributed by atoms with Gasteiger partial charge in [0, 0.05) is 36.4 Å². The Bertz CT molecular complexity index is 1400. The van der Waals surface area contributed by atoms with Gasteiger partial charge in [-0.25, -0.2) is 4.98 Å². The van der Waals surface area contributed by atoms with Crippen LogP contribution in [0.25, 0.3) is 5.65 Å². The van der Waals surface area contributed by atoms with Crippen LogP contribution in [0.15, 0.2) is 35.7 Å². The molecule has 1 saturated heterocycles. The van der Waals surface area contributed by atoms with E-state index in [0.717, 1.165) is 12.3 Å². The largest absolute Gasteiger partial charge is 0.487 e. The maximum atomic E-state index is 13.3. The Morgan fingerprint density at radius 2 is 1.95 bits per heavy atom. The third-order valence-electron chi connectivity index (χ3n) is 6.53. The molecular weight excluding hydrogens is 580 g/mol. The molecule has 0 aliphatic carbocycles. The number of rotatable bonds is 8. The van der Waals surface area contributed by atoms with Gasteiger partial charge in [-0.05, 0) is 31.9 Å². The molecule has 39 heavy (non-hydrogen) atoms. The molecule has 3 atom stereocenters. The van der Waals surface area contributed by atoms with Gasteiger partial charge in [-0.1, -0.05) is 53.8 Å². The van der Waals surface area contributed by atoms with Crippen molar-refractivity contribution in [2.75, 3.05) is 6.54 Å². The van der Waals surface area contributed by atoms with E-state index >= 15 is 0 Å². The van der Waals surface area contributed by atoms with Gasteiger partial charge in [0.2, 0.25) is 5.91 Å². The SMILES string of the molecule is CCC(C)C(O/N=C(\C)c1cc(Cl)c(OC2CCC(=O)NC2)cc1Cl)c1cn2cc(C(F)(F)F)cc(Cl)c2n1. The number of pyridine rings is 1. The molecule has 1 amide bonds. The van der Waals surface area contributed by atoms with E-state index in [-0.39, 0.29) is 28.6 Å². The Kier molecular flexibility index (Phi) is 8.88. The summed E-state index contributed by atoms with van der Waals surface area (Å²) < 4.78 is 46.9. The maximum absolute atomic E-state index is 13.3. The van der Waals surface area contributed by atoms with E-state index in [1.54, 1.807) is 19.1 Å². The first-order valence-corrected chi connectivity index (χ1v) is 13.4. The lowest BCUT2D eigenvalue weighted by Gasteiger charge is -2.24. The molecule has 0 saturated carbocycles. The highest BCUT2D eigenvalue weighted by Crippen LogP contribution is 2.36. The number of nitrogens with zero attached hydrogens (tertiary/aromatic N) is 3. The zero-order chi connectivity index (χ0) is 28.5. The van der Waals surface area contributed by atoms with Crippen molar-refractivity contribution in [1.82, 2.24) is 14.7 Å². The highest BCUT2D eigenvalue weighted by atomic mass is 35.5. The first-order valence-electron chi connectivity index (χ1n) is 12.3. The standard InChI is InChI=1S/C26H26Cl3F3N4O3/c1-4-13(2)24(21-12-36-11-15(26(30,31)32)7-20(29)25(36)34-21)39-35-14(3)17-8-19(28)22(9-18(17)27)38-16-5-6-23(37)33-10-16/h7-9,11-13,16,24H,4-6,10H2,1-3H3,(H,33,37)/b35-14+. The van der Waals surface area contributed by atoms with E-state index in [2.05, 4.69) is 15.5 Å². The Labute approximate surface area is 238 Å². The van der Waals surface area contributed by atoms with Crippen molar-refractivity contribution in [2.24, 2.45) is 11.1 Å². The van der Waals surface area contributed by atoms with Crippen molar-refractivity contribution >= 4 is 52.1 Å². The van der Waals surface area contributed by atoms with E-state index in [1.165, 1.54) is 10.6 Å². The van der Waals surface area contributed by atoms with Gasteiger partial charge in [0.15, 0.2) is 11.8 Å². The molecule has 1 fully saturated rings. The molecule has 0 radical (unpaired) electrons. The van der Waals surface area contributed by atoms with Crippen molar-refractivity contribution in [1.29, 1.82) is 0 Å². The fraction of sp³-hybridized carbons (Fsp3) is 0.423. The lowest BCUT2D eigenvalue weighted by atomic mass is 10.00. The van der Waals surface area contributed by atoms with Crippen LogP contribution in [0.4, 0.5) is 13.2 Å². The summed E-state index contributed by atoms with van der Waals surface area (Å²) in [4.78, 5) is 21.7. The van der Waals surface area contributed by atoms with Crippen LogP contribution in [0, 0.1) is 5.92 Å². The average Bonchev–Trinajstić information content (AvgIpc) is 3.31. The summed E-state index contributed by atoms with van der Waals surface area (Å²) in [6.45, 7) is 5.95. The van der Waals surface area contributed by atoms with E-state index in [9.17, 15) is 18.0 Å². The molecule has 1 aliphatic rings. The van der Waals surface area contributed by atoms with Gasteiger partial charge in [0.25, 0.3) is 0 Å². The van der Waals surface area contributed by atoms with Crippen LogP contribution in [-0.2, 0) is 15.8 Å². The smallest absolute Gasteiger partial charge is 0.417 e. The molecule has 210 valence electrons. The lowest BCUT2D eigenvalue weighted by molar-refractivity contribution is -0.137. The number of ether oxygens (including phenoxy) is 1. The van der Waals surface area contributed by atoms with Crippen LogP contribution in [0.2, 0.25) is 15.1 Å². The van der Waals surface area contributed by atoms with Crippen molar-refractivity contribution in [2.45, 2.75) is 58.4 Å². The van der Waals surface area contributed by atoms with Gasteiger partial charge < -0.3 is 19.3 Å². The summed E-state index contributed by atoms with van der Waals surface area (Å²) >= 11 is 19.1. The number of benzene rings is 1. The number of carbonyl (C=O) groups is 1. The quantitative estimate of drug-likeness (QED) is 0.213. The van der Waals surface area contributed by atoms with E-state index in [0.29, 0.717) is 58.6 Å². The molecule has 3 unspecified atom stereocenters. The van der Waals surface area contributed by atoms with Crippen LogP contribution in [0.5, 0.6) is 5.75 Å². The Balaban J connectivity index is 1.57. The molecule has 4 rings (SSSR count). The van der Waals surface area contributed by atoms with Crippen molar-refractivity contribution in [3.63, 3.8) is 0 Å². The predicted octanol–water partition coefficient (Wildman–Crippen LogP) is 7.50. The topological polar surface area (TPSA) is 77.2 Å². The maximum Gasteiger partial charge on any atom is 0.417 e. The molecule has 7 nitrogen and oxygen atoms in total. The number of carbonyl (C=O) groups excluding carboxylic acids is 1. The summed E-state index contributed by atoms with van der Waals surface area (Å²) in [5.41, 5.74) is 0.621. The highest BCUT2D eigenvalue weighted by Gasteiger charge is 2.32. The minimum atomic E-state index is -4.55. The minimum Gasteiger partial charge on any atom is -0.487 e. The van der Waals surface area contributed by atoms with E-state index < -0.39 is 17.8 Å². The van der Waals surface area contributed by atoms with Crippen LogP contribution < -0.4 is 10.1 Å². The number of hydrogen-bond acceptors (Lipinski definition) is 5. The third kappa shape index (κ3) is 6.73. The van der Waals surface area contributed by atoms with Gasteiger partial charge in [-0.2, -0.15) is 13.2 Å². The van der Waals surface area contributed by atoms with Crippen LogP contribution in [0.3, 0.4) is 0 Å².